The van der Waals surface area contributed by atoms with Crippen LogP contribution in [0.4, 0.5) is 4.39 Å². The summed E-state index contributed by atoms with van der Waals surface area (Å²) in [5.74, 6) is 0.0659. The molecule has 0 bridgehead atoms. The molecule has 2 rings (SSSR count). The number of rotatable bonds is 6. The summed E-state index contributed by atoms with van der Waals surface area (Å²) < 4.78 is 39.8. The molecule has 0 unspecified atom stereocenters. The molecule has 1 N–H and O–H groups in total. The highest BCUT2D eigenvalue weighted by Gasteiger charge is 2.14. The zero-order valence-electron chi connectivity index (χ0n) is 12.7. The molecule has 2 aromatic carbocycles. The van der Waals surface area contributed by atoms with Gasteiger partial charge < -0.3 is 0 Å². The molecule has 5 heteroatoms. The van der Waals surface area contributed by atoms with Crippen molar-refractivity contribution in [2.24, 2.45) is 0 Å². The van der Waals surface area contributed by atoms with E-state index in [0.717, 1.165) is 12.0 Å². The van der Waals surface area contributed by atoms with E-state index in [0.29, 0.717) is 11.5 Å². The zero-order chi connectivity index (χ0) is 16.2. The maximum Gasteiger partial charge on any atom is 0.240 e. The Hall–Kier alpha value is -1.72. The maximum atomic E-state index is 12.8. The standard InChI is InChI=1S/C17H20FNO2S/c1-3-13(2)15-6-10-17(11-7-15)22(20,21)19-12-14-4-8-16(18)9-5-14/h4-11,13,19H,3,12H2,1-2H3/t13-/m0/s1. The number of hydrogen-bond donors (Lipinski definition) is 1. The number of benzene rings is 2. The summed E-state index contributed by atoms with van der Waals surface area (Å²) in [6.45, 7) is 4.34. The molecule has 0 aliphatic rings. The zero-order valence-corrected chi connectivity index (χ0v) is 13.5. The minimum atomic E-state index is -3.56. The molecule has 0 fully saturated rings. The van der Waals surface area contributed by atoms with Crippen LogP contribution in [0.5, 0.6) is 0 Å². The van der Waals surface area contributed by atoms with Crippen LogP contribution in [-0.4, -0.2) is 8.42 Å². The van der Waals surface area contributed by atoms with Crippen molar-refractivity contribution >= 4 is 10.0 Å². The van der Waals surface area contributed by atoms with Gasteiger partial charge in [-0.15, -0.1) is 0 Å². The second-order valence-electron chi connectivity index (χ2n) is 5.33. The van der Waals surface area contributed by atoms with E-state index in [1.165, 1.54) is 12.1 Å². The van der Waals surface area contributed by atoms with Crippen molar-refractivity contribution in [1.29, 1.82) is 0 Å². The van der Waals surface area contributed by atoms with E-state index < -0.39 is 10.0 Å². The summed E-state index contributed by atoms with van der Waals surface area (Å²) in [5.41, 5.74) is 1.83. The summed E-state index contributed by atoms with van der Waals surface area (Å²) >= 11 is 0. The molecule has 0 heterocycles. The fourth-order valence-electron chi connectivity index (χ4n) is 2.08. The smallest absolute Gasteiger partial charge is 0.207 e. The van der Waals surface area contributed by atoms with Crippen molar-refractivity contribution < 1.29 is 12.8 Å². The van der Waals surface area contributed by atoms with Crippen molar-refractivity contribution in [2.45, 2.75) is 37.6 Å². The lowest BCUT2D eigenvalue weighted by molar-refractivity contribution is 0.581. The SMILES string of the molecule is CC[C@H](C)c1ccc(S(=O)(=O)NCc2ccc(F)cc2)cc1. The third-order valence-electron chi connectivity index (χ3n) is 3.75. The highest BCUT2D eigenvalue weighted by atomic mass is 32.2. The van der Waals surface area contributed by atoms with Crippen LogP contribution in [0.2, 0.25) is 0 Å². The Morgan fingerprint density at radius 2 is 1.64 bits per heavy atom. The number of halogens is 1. The van der Waals surface area contributed by atoms with E-state index in [1.807, 2.05) is 12.1 Å². The Morgan fingerprint density at radius 3 is 2.18 bits per heavy atom. The molecule has 0 aliphatic carbocycles. The first-order valence-corrected chi connectivity index (χ1v) is 8.74. The number of sulfonamides is 1. The molecule has 2 aromatic rings. The largest absolute Gasteiger partial charge is 0.240 e. The molecular formula is C17H20FNO2S. The Kier molecular flexibility index (Phi) is 5.32. The third-order valence-corrected chi connectivity index (χ3v) is 5.17. The van der Waals surface area contributed by atoms with Gasteiger partial charge >= 0.3 is 0 Å². The number of hydrogen-bond acceptors (Lipinski definition) is 2. The van der Waals surface area contributed by atoms with Crippen LogP contribution >= 0.6 is 0 Å². The van der Waals surface area contributed by atoms with Gasteiger partial charge in [-0.05, 0) is 47.7 Å². The summed E-state index contributed by atoms with van der Waals surface area (Å²) in [7, 11) is -3.56. The molecule has 0 saturated heterocycles. The summed E-state index contributed by atoms with van der Waals surface area (Å²) in [5, 5.41) is 0. The first kappa shape index (κ1) is 16.6. The van der Waals surface area contributed by atoms with Gasteiger partial charge in [0.05, 0.1) is 4.90 Å². The molecule has 22 heavy (non-hydrogen) atoms. The molecule has 0 spiro atoms. The van der Waals surface area contributed by atoms with Gasteiger partial charge in [0.15, 0.2) is 0 Å². The minimum Gasteiger partial charge on any atom is -0.207 e. The molecule has 3 nitrogen and oxygen atoms in total. The Bertz CT molecular complexity index is 709. The van der Waals surface area contributed by atoms with E-state index in [2.05, 4.69) is 18.6 Å². The van der Waals surface area contributed by atoms with E-state index in [9.17, 15) is 12.8 Å². The first-order chi connectivity index (χ1) is 10.4. The van der Waals surface area contributed by atoms with Gasteiger partial charge in [0.25, 0.3) is 0 Å². The van der Waals surface area contributed by atoms with Gasteiger partial charge in [-0.25, -0.2) is 17.5 Å². The van der Waals surface area contributed by atoms with Gasteiger partial charge in [0.1, 0.15) is 5.82 Å². The third kappa shape index (κ3) is 4.15. The van der Waals surface area contributed by atoms with Gasteiger partial charge in [-0.3, -0.25) is 0 Å². The van der Waals surface area contributed by atoms with Gasteiger partial charge in [0.2, 0.25) is 10.0 Å². The van der Waals surface area contributed by atoms with E-state index >= 15 is 0 Å². The summed E-state index contributed by atoms with van der Waals surface area (Å²) in [6, 6.07) is 12.7. The first-order valence-electron chi connectivity index (χ1n) is 7.26. The molecule has 0 saturated carbocycles. The molecule has 0 aromatic heterocycles. The fraction of sp³-hybridized carbons (Fsp3) is 0.294. The van der Waals surface area contributed by atoms with Crippen LogP contribution < -0.4 is 4.72 Å². The lowest BCUT2D eigenvalue weighted by Gasteiger charge is -2.11. The van der Waals surface area contributed by atoms with Gasteiger partial charge in [0, 0.05) is 6.54 Å². The molecule has 118 valence electrons. The Morgan fingerprint density at radius 1 is 1.05 bits per heavy atom. The van der Waals surface area contributed by atoms with Crippen molar-refractivity contribution in [3.63, 3.8) is 0 Å². The second-order valence-corrected chi connectivity index (χ2v) is 7.10. The lowest BCUT2D eigenvalue weighted by Crippen LogP contribution is -2.23. The van der Waals surface area contributed by atoms with E-state index in [4.69, 9.17) is 0 Å². The summed E-state index contributed by atoms with van der Waals surface area (Å²) in [4.78, 5) is 0.238. The van der Waals surface area contributed by atoms with Crippen molar-refractivity contribution in [3.05, 3.63) is 65.5 Å². The fourth-order valence-corrected chi connectivity index (χ4v) is 3.09. The molecule has 0 radical (unpaired) electrons. The van der Waals surface area contributed by atoms with Crippen molar-refractivity contribution in [1.82, 2.24) is 4.72 Å². The average Bonchev–Trinajstić information content (AvgIpc) is 2.54. The van der Waals surface area contributed by atoms with E-state index in [1.54, 1.807) is 24.3 Å². The highest BCUT2D eigenvalue weighted by molar-refractivity contribution is 7.89. The maximum absolute atomic E-state index is 12.8. The lowest BCUT2D eigenvalue weighted by atomic mass is 9.99. The Labute approximate surface area is 131 Å². The number of nitrogens with one attached hydrogen (secondary N) is 1. The second kappa shape index (κ2) is 7.03. The van der Waals surface area contributed by atoms with Crippen LogP contribution in [0.1, 0.15) is 37.3 Å². The predicted molar refractivity (Wildman–Crippen MR) is 85.6 cm³/mol. The van der Waals surface area contributed by atoms with E-state index in [-0.39, 0.29) is 17.3 Å². The van der Waals surface area contributed by atoms with Crippen LogP contribution in [0.25, 0.3) is 0 Å². The minimum absolute atomic E-state index is 0.135. The van der Waals surface area contributed by atoms with Crippen LogP contribution in [0.15, 0.2) is 53.4 Å². The van der Waals surface area contributed by atoms with Crippen LogP contribution in [0, 0.1) is 5.82 Å². The topological polar surface area (TPSA) is 46.2 Å². The normalized spacial score (nSPS) is 13.0. The van der Waals surface area contributed by atoms with Gasteiger partial charge in [-0.1, -0.05) is 38.1 Å². The average molecular weight is 321 g/mol. The predicted octanol–water partition coefficient (Wildman–Crippen LogP) is 3.82. The quantitative estimate of drug-likeness (QED) is 0.879. The van der Waals surface area contributed by atoms with Crippen LogP contribution in [-0.2, 0) is 16.6 Å². The van der Waals surface area contributed by atoms with Gasteiger partial charge in [-0.2, -0.15) is 0 Å². The highest BCUT2D eigenvalue weighted by Crippen LogP contribution is 2.20. The molecular weight excluding hydrogens is 301 g/mol. The van der Waals surface area contributed by atoms with Crippen molar-refractivity contribution in [3.8, 4) is 0 Å². The van der Waals surface area contributed by atoms with Crippen LogP contribution in [0.3, 0.4) is 0 Å². The molecule has 1 atom stereocenters. The van der Waals surface area contributed by atoms with Crippen molar-refractivity contribution in [2.75, 3.05) is 0 Å². The molecule has 0 amide bonds. The Balaban J connectivity index is 2.08. The molecule has 0 aliphatic heterocycles. The monoisotopic (exact) mass is 321 g/mol. The summed E-state index contributed by atoms with van der Waals surface area (Å²) in [6.07, 6.45) is 1.01.